The summed E-state index contributed by atoms with van der Waals surface area (Å²) in [7, 11) is -2.97. The second-order valence-corrected chi connectivity index (χ2v) is 13.9. The second-order valence-electron chi connectivity index (χ2n) is 10.4. The Kier molecular flexibility index (Phi) is 6.52. The number of aliphatic imine (C=N–C) groups is 1. The number of nitrogens with zero attached hydrogens (tertiary/aromatic N) is 1. The van der Waals surface area contributed by atoms with Gasteiger partial charge in [-0.1, -0.05) is 12.8 Å². The van der Waals surface area contributed by atoms with Crippen LogP contribution < -0.4 is 10.6 Å². The molecule has 1 atom stereocenters. The maximum absolute atomic E-state index is 12.9. The van der Waals surface area contributed by atoms with Crippen LogP contribution in [-0.2, 0) is 14.6 Å². The summed E-state index contributed by atoms with van der Waals surface area (Å²) in [5.74, 6) is 1.46. The number of allylic oxidation sites excluding steroid dienone is 1. The molecule has 0 spiro atoms. The number of amides is 1. The molecule has 0 aromatic carbocycles. The fraction of sp³-hybridized carbons (Fsp3) is 0.826. The highest BCUT2D eigenvalue weighted by atomic mass is 32.2. The van der Waals surface area contributed by atoms with Gasteiger partial charge >= 0.3 is 0 Å². The van der Waals surface area contributed by atoms with Gasteiger partial charge in [-0.25, -0.2) is 8.42 Å². The van der Waals surface area contributed by atoms with Gasteiger partial charge in [0.1, 0.15) is 0 Å². The average Bonchev–Trinajstić information content (AvgIpc) is 3.65. The summed E-state index contributed by atoms with van der Waals surface area (Å²) in [6.07, 6.45) is 12.8. The van der Waals surface area contributed by atoms with Crippen LogP contribution in [0, 0.1) is 17.3 Å². The largest absolute Gasteiger partial charge is 0.356 e. The van der Waals surface area contributed by atoms with E-state index in [1.54, 1.807) is 18.0 Å². The van der Waals surface area contributed by atoms with E-state index in [2.05, 4.69) is 15.6 Å². The fourth-order valence-corrected chi connectivity index (χ4v) is 7.76. The van der Waals surface area contributed by atoms with E-state index in [0.717, 1.165) is 56.6 Å². The Hall–Kier alpha value is -1.02. The van der Waals surface area contributed by atoms with E-state index in [0.29, 0.717) is 23.8 Å². The number of carbonyl (C=O) groups is 1. The summed E-state index contributed by atoms with van der Waals surface area (Å²) in [6, 6.07) is 0. The summed E-state index contributed by atoms with van der Waals surface area (Å²) in [5.41, 5.74) is 1.47. The molecule has 174 valence electrons. The quantitative estimate of drug-likeness (QED) is 0.541. The smallest absolute Gasteiger partial charge is 0.254 e. The molecular formula is C23H37N3O3S2. The second kappa shape index (κ2) is 8.73. The van der Waals surface area contributed by atoms with Crippen molar-refractivity contribution in [2.75, 3.05) is 18.6 Å². The van der Waals surface area contributed by atoms with Gasteiger partial charge < -0.3 is 10.6 Å². The van der Waals surface area contributed by atoms with E-state index >= 15 is 0 Å². The van der Waals surface area contributed by atoms with Crippen LogP contribution in [0.25, 0.3) is 0 Å². The number of thioether (sulfide) groups is 1. The third-order valence-electron chi connectivity index (χ3n) is 7.61. The topological polar surface area (TPSA) is 87.6 Å². The molecule has 3 saturated carbocycles. The highest BCUT2D eigenvalue weighted by molar-refractivity contribution is 7.99. The van der Waals surface area contributed by atoms with Crippen molar-refractivity contribution in [3.05, 3.63) is 11.3 Å². The van der Waals surface area contributed by atoms with E-state index in [-0.39, 0.29) is 16.6 Å². The summed E-state index contributed by atoms with van der Waals surface area (Å²) < 4.78 is 25.5. The average molecular weight is 468 g/mol. The molecule has 0 saturated heterocycles. The van der Waals surface area contributed by atoms with Gasteiger partial charge in [-0.3, -0.25) is 9.79 Å². The molecule has 1 amide bonds. The highest BCUT2D eigenvalue weighted by Crippen LogP contribution is 2.48. The van der Waals surface area contributed by atoms with Crippen LogP contribution >= 0.6 is 11.8 Å². The molecule has 3 aliphatic carbocycles. The molecule has 0 aromatic rings. The predicted molar refractivity (Wildman–Crippen MR) is 128 cm³/mol. The summed E-state index contributed by atoms with van der Waals surface area (Å²) >= 11 is 1.60. The molecule has 0 aromatic heterocycles. The lowest BCUT2D eigenvalue weighted by Gasteiger charge is -2.40. The van der Waals surface area contributed by atoms with E-state index in [4.69, 9.17) is 0 Å². The van der Waals surface area contributed by atoms with Gasteiger partial charge in [-0.2, -0.15) is 0 Å². The van der Waals surface area contributed by atoms with Gasteiger partial charge in [0.05, 0.1) is 16.6 Å². The zero-order chi connectivity index (χ0) is 22.3. The van der Waals surface area contributed by atoms with E-state index < -0.39 is 14.8 Å². The first-order chi connectivity index (χ1) is 14.6. The Morgan fingerprint density at radius 2 is 1.84 bits per heavy atom. The van der Waals surface area contributed by atoms with Gasteiger partial charge in [-0.05, 0) is 82.3 Å². The monoisotopic (exact) mass is 467 g/mol. The summed E-state index contributed by atoms with van der Waals surface area (Å²) in [6.45, 7) is 4.54. The SMILES string of the molecule is CSC1(C)N=CC(C(=O)NCC2(CC3CC3)CCC(S(=O)(=O)CC3CC3)CC2)=C(C)N1. The van der Waals surface area contributed by atoms with Crippen LogP contribution in [0.2, 0.25) is 0 Å². The third kappa shape index (κ3) is 5.67. The number of nitrogens with one attached hydrogen (secondary N) is 2. The molecule has 3 fully saturated rings. The van der Waals surface area contributed by atoms with E-state index in [9.17, 15) is 13.2 Å². The van der Waals surface area contributed by atoms with Gasteiger partial charge in [0.15, 0.2) is 14.8 Å². The van der Waals surface area contributed by atoms with Crippen LogP contribution in [0.15, 0.2) is 16.3 Å². The lowest BCUT2D eigenvalue weighted by molar-refractivity contribution is -0.117. The van der Waals surface area contributed by atoms with Crippen molar-refractivity contribution in [1.82, 2.24) is 10.6 Å². The number of rotatable bonds is 9. The minimum atomic E-state index is -2.97. The predicted octanol–water partition coefficient (Wildman–Crippen LogP) is 3.64. The van der Waals surface area contributed by atoms with Gasteiger partial charge in [-0.15, -0.1) is 11.8 Å². The molecule has 1 aliphatic heterocycles. The molecule has 8 heteroatoms. The Bertz CT molecular complexity index is 866. The summed E-state index contributed by atoms with van der Waals surface area (Å²) in [5, 5.41) is 6.33. The molecule has 2 N–H and O–H groups in total. The van der Waals surface area contributed by atoms with Crippen LogP contribution in [0.1, 0.15) is 71.6 Å². The Balaban J connectivity index is 1.37. The Labute approximate surface area is 191 Å². The Morgan fingerprint density at radius 3 is 2.39 bits per heavy atom. The first-order valence-corrected chi connectivity index (χ1v) is 14.7. The van der Waals surface area contributed by atoms with Crippen molar-refractivity contribution < 1.29 is 13.2 Å². The van der Waals surface area contributed by atoms with Crippen molar-refractivity contribution in [2.24, 2.45) is 22.2 Å². The van der Waals surface area contributed by atoms with Crippen molar-refractivity contribution in [3.8, 4) is 0 Å². The van der Waals surface area contributed by atoms with Crippen molar-refractivity contribution >= 4 is 33.7 Å². The number of sulfone groups is 1. The molecule has 0 bridgehead atoms. The molecule has 0 radical (unpaired) electrons. The molecule has 1 unspecified atom stereocenters. The maximum Gasteiger partial charge on any atom is 0.254 e. The molecule has 6 nitrogen and oxygen atoms in total. The maximum atomic E-state index is 12.9. The Morgan fingerprint density at radius 1 is 1.19 bits per heavy atom. The standard InChI is InChI=1S/C23H37N3O3S2/c1-16-20(13-25-22(2,26-16)30-3)21(27)24-15-23(12-17-4-5-17)10-8-19(9-11-23)31(28,29)14-18-6-7-18/h13,17-19,26H,4-12,14-15H2,1-3H3,(H,24,27). The minimum Gasteiger partial charge on any atom is -0.356 e. The zero-order valence-electron chi connectivity index (χ0n) is 19.1. The zero-order valence-corrected chi connectivity index (χ0v) is 20.7. The minimum absolute atomic E-state index is 0.0317. The third-order valence-corrected chi connectivity index (χ3v) is 11.0. The molecule has 1 heterocycles. The molecular weight excluding hydrogens is 430 g/mol. The molecule has 4 aliphatic rings. The van der Waals surface area contributed by atoms with Crippen LogP contribution in [-0.4, -0.2) is 49.3 Å². The van der Waals surface area contributed by atoms with Gasteiger partial charge in [0.2, 0.25) is 0 Å². The van der Waals surface area contributed by atoms with E-state index in [1.165, 1.54) is 12.8 Å². The fourth-order valence-electron chi connectivity index (χ4n) is 5.13. The van der Waals surface area contributed by atoms with E-state index in [1.807, 2.05) is 20.1 Å². The van der Waals surface area contributed by atoms with Crippen LogP contribution in [0.5, 0.6) is 0 Å². The van der Waals surface area contributed by atoms with Gasteiger partial charge in [0, 0.05) is 18.5 Å². The number of hydrogen-bond donors (Lipinski definition) is 2. The first-order valence-electron chi connectivity index (χ1n) is 11.7. The number of carbonyl (C=O) groups excluding carboxylic acids is 1. The molecule has 31 heavy (non-hydrogen) atoms. The van der Waals surface area contributed by atoms with Crippen molar-refractivity contribution in [3.63, 3.8) is 0 Å². The van der Waals surface area contributed by atoms with Crippen molar-refractivity contribution in [2.45, 2.75) is 81.9 Å². The van der Waals surface area contributed by atoms with Crippen LogP contribution in [0.4, 0.5) is 0 Å². The molecule has 4 rings (SSSR count). The normalized spacial score (nSPS) is 33.8. The lowest BCUT2D eigenvalue weighted by Crippen LogP contribution is -2.45. The van der Waals surface area contributed by atoms with Crippen molar-refractivity contribution in [1.29, 1.82) is 0 Å². The highest BCUT2D eigenvalue weighted by Gasteiger charge is 2.44. The number of hydrogen-bond acceptors (Lipinski definition) is 6. The van der Waals surface area contributed by atoms with Crippen LogP contribution in [0.3, 0.4) is 0 Å². The first kappa shape index (κ1) is 23.1. The summed E-state index contributed by atoms with van der Waals surface area (Å²) in [4.78, 5) is 17.0. The van der Waals surface area contributed by atoms with Gasteiger partial charge in [0.25, 0.3) is 5.91 Å². The lowest BCUT2D eigenvalue weighted by atomic mass is 9.70.